The number of anilines is 1. The van der Waals surface area contributed by atoms with Crippen molar-refractivity contribution in [2.75, 3.05) is 5.32 Å². The lowest BCUT2D eigenvalue weighted by Crippen LogP contribution is -2.13. The van der Waals surface area contributed by atoms with Crippen molar-refractivity contribution in [3.8, 4) is 11.8 Å². The number of hydrogen-bond donors (Lipinski definition) is 2. The summed E-state index contributed by atoms with van der Waals surface area (Å²) in [5.74, 6) is -0.208. The molecule has 0 unspecified atom stereocenters. The second kappa shape index (κ2) is 7.01. The quantitative estimate of drug-likeness (QED) is 0.667. The molecule has 2 N–H and O–H groups in total. The van der Waals surface area contributed by atoms with E-state index >= 15 is 0 Å². The number of carbonyl (C=O) groups is 1. The summed E-state index contributed by atoms with van der Waals surface area (Å²) in [6, 6.07) is 14.5. The molecule has 0 radical (unpaired) electrons. The van der Waals surface area contributed by atoms with Crippen LogP contribution in [0.15, 0.2) is 48.0 Å². The van der Waals surface area contributed by atoms with Crippen LogP contribution in [0.5, 0.6) is 5.75 Å². The Kier molecular flexibility index (Phi) is 4.62. The van der Waals surface area contributed by atoms with E-state index in [1.165, 1.54) is 6.08 Å². The molecule has 0 heterocycles. The number of phenolic OH excluding ortho intramolecular Hbond substituents is 1. The van der Waals surface area contributed by atoms with Gasteiger partial charge in [-0.1, -0.05) is 24.3 Å². The van der Waals surface area contributed by atoms with Crippen molar-refractivity contribution >= 4 is 17.7 Å². The van der Waals surface area contributed by atoms with Crippen molar-refractivity contribution < 1.29 is 9.90 Å². The van der Waals surface area contributed by atoms with Crippen molar-refractivity contribution in [2.45, 2.75) is 25.7 Å². The lowest BCUT2D eigenvalue weighted by molar-refractivity contribution is -0.112. The average molecular weight is 318 g/mol. The van der Waals surface area contributed by atoms with Gasteiger partial charge in [0.1, 0.15) is 17.4 Å². The van der Waals surface area contributed by atoms with Gasteiger partial charge in [-0.3, -0.25) is 4.79 Å². The van der Waals surface area contributed by atoms with Gasteiger partial charge in [-0.2, -0.15) is 5.26 Å². The Morgan fingerprint density at radius 1 is 1.17 bits per heavy atom. The molecule has 0 spiro atoms. The standard InChI is InChI=1S/C20H18N2O2/c21-13-16(20(24)22-17-7-2-1-3-8-17)11-14-10-15-6-4-5-9-18(15)19(23)12-14/h1-3,7-8,10-12,23H,4-6,9H2,(H,22,24)/b16-11-. The Morgan fingerprint density at radius 2 is 1.92 bits per heavy atom. The van der Waals surface area contributed by atoms with E-state index in [4.69, 9.17) is 0 Å². The monoisotopic (exact) mass is 318 g/mol. The summed E-state index contributed by atoms with van der Waals surface area (Å²) < 4.78 is 0. The average Bonchev–Trinajstić information content (AvgIpc) is 2.60. The van der Waals surface area contributed by atoms with E-state index in [1.807, 2.05) is 30.3 Å². The van der Waals surface area contributed by atoms with Crippen LogP contribution in [-0.4, -0.2) is 11.0 Å². The van der Waals surface area contributed by atoms with Crippen LogP contribution in [0, 0.1) is 11.3 Å². The molecule has 0 bridgehead atoms. The molecule has 0 aromatic heterocycles. The summed E-state index contributed by atoms with van der Waals surface area (Å²) in [6.07, 6.45) is 5.50. The van der Waals surface area contributed by atoms with E-state index in [0.29, 0.717) is 11.3 Å². The summed E-state index contributed by atoms with van der Waals surface area (Å²) in [5, 5.41) is 22.2. The van der Waals surface area contributed by atoms with Crippen LogP contribution in [0.1, 0.15) is 29.5 Å². The SMILES string of the molecule is N#C/C(=C/c1cc(O)c2c(c1)CCCC2)C(=O)Nc1ccccc1. The molecule has 0 aliphatic heterocycles. The molecule has 4 nitrogen and oxygen atoms in total. The summed E-state index contributed by atoms with van der Waals surface area (Å²) in [7, 11) is 0. The molecule has 120 valence electrons. The minimum absolute atomic E-state index is 0.00834. The number of para-hydroxylation sites is 1. The number of benzene rings is 2. The molecule has 0 saturated heterocycles. The first-order valence-electron chi connectivity index (χ1n) is 8.00. The minimum Gasteiger partial charge on any atom is -0.508 e. The van der Waals surface area contributed by atoms with E-state index in [-0.39, 0.29) is 11.3 Å². The van der Waals surface area contributed by atoms with Gasteiger partial charge in [0, 0.05) is 5.69 Å². The van der Waals surface area contributed by atoms with Gasteiger partial charge in [-0.25, -0.2) is 0 Å². The Morgan fingerprint density at radius 3 is 2.67 bits per heavy atom. The predicted octanol–water partition coefficient (Wildman–Crippen LogP) is 3.82. The lowest BCUT2D eigenvalue weighted by Gasteiger charge is -2.17. The molecule has 1 aliphatic carbocycles. The molecule has 2 aromatic rings. The van der Waals surface area contributed by atoms with Gasteiger partial charge in [0.25, 0.3) is 5.91 Å². The third-order valence-corrected chi connectivity index (χ3v) is 4.17. The molecule has 0 fully saturated rings. The minimum atomic E-state index is -0.457. The number of fused-ring (bicyclic) bond motifs is 1. The van der Waals surface area contributed by atoms with Crippen molar-refractivity contribution in [3.05, 3.63) is 64.7 Å². The smallest absolute Gasteiger partial charge is 0.266 e. The zero-order chi connectivity index (χ0) is 16.9. The van der Waals surface area contributed by atoms with Crippen molar-refractivity contribution in [2.24, 2.45) is 0 Å². The first-order chi connectivity index (χ1) is 11.7. The van der Waals surface area contributed by atoms with Crippen molar-refractivity contribution in [1.29, 1.82) is 5.26 Å². The molecule has 0 atom stereocenters. The molecule has 3 rings (SSSR count). The Bertz CT molecular complexity index is 833. The number of nitrogens with one attached hydrogen (secondary N) is 1. The van der Waals surface area contributed by atoms with E-state index in [1.54, 1.807) is 18.2 Å². The first kappa shape index (κ1) is 15.8. The molecule has 2 aromatic carbocycles. The Balaban J connectivity index is 1.87. The van der Waals surface area contributed by atoms with Gasteiger partial charge in [0.2, 0.25) is 0 Å². The topological polar surface area (TPSA) is 73.1 Å². The third kappa shape index (κ3) is 3.47. The highest BCUT2D eigenvalue weighted by atomic mass is 16.3. The summed E-state index contributed by atoms with van der Waals surface area (Å²) in [5.41, 5.74) is 3.41. The van der Waals surface area contributed by atoms with Gasteiger partial charge in [0.05, 0.1) is 0 Å². The normalized spacial score (nSPS) is 13.7. The maximum Gasteiger partial charge on any atom is 0.266 e. The zero-order valence-electron chi connectivity index (χ0n) is 13.2. The van der Waals surface area contributed by atoms with Crippen LogP contribution in [0.4, 0.5) is 5.69 Å². The largest absolute Gasteiger partial charge is 0.508 e. The number of rotatable bonds is 3. The molecule has 0 saturated carbocycles. The fourth-order valence-corrected chi connectivity index (χ4v) is 2.99. The summed E-state index contributed by atoms with van der Waals surface area (Å²) in [6.45, 7) is 0. The summed E-state index contributed by atoms with van der Waals surface area (Å²) >= 11 is 0. The molecule has 1 aliphatic rings. The van der Waals surface area contributed by atoms with Crippen LogP contribution < -0.4 is 5.32 Å². The van der Waals surface area contributed by atoms with E-state index in [0.717, 1.165) is 36.8 Å². The van der Waals surface area contributed by atoms with Crippen LogP contribution in [-0.2, 0) is 17.6 Å². The molecule has 4 heteroatoms. The maximum atomic E-state index is 12.3. The number of amides is 1. The number of aryl methyl sites for hydroxylation is 1. The number of carbonyl (C=O) groups excluding carboxylic acids is 1. The van der Waals surface area contributed by atoms with E-state index in [9.17, 15) is 15.2 Å². The third-order valence-electron chi connectivity index (χ3n) is 4.17. The van der Waals surface area contributed by atoms with Gasteiger partial charge in [-0.05, 0) is 66.6 Å². The second-order valence-electron chi connectivity index (χ2n) is 5.87. The molecule has 24 heavy (non-hydrogen) atoms. The van der Waals surface area contributed by atoms with Crippen LogP contribution in [0.2, 0.25) is 0 Å². The van der Waals surface area contributed by atoms with Gasteiger partial charge in [-0.15, -0.1) is 0 Å². The van der Waals surface area contributed by atoms with Gasteiger partial charge >= 0.3 is 0 Å². The zero-order valence-corrected chi connectivity index (χ0v) is 13.2. The molecule has 1 amide bonds. The maximum absolute atomic E-state index is 12.3. The fraction of sp³-hybridized carbons (Fsp3) is 0.200. The second-order valence-corrected chi connectivity index (χ2v) is 5.87. The Hall–Kier alpha value is -3.06. The van der Waals surface area contributed by atoms with E-state index in [2.05, 4.69) is 5.32 Å². The first-order valence-corrected chi connectivity index (χ1v) is 8.00. The molecular weight excluding hydrogens is 300 g/mol. The predicted molar refractivity (Wildman–Crippen MR) is 93.4 cm³/mol. The van der Waals surface area contributed by atoms with Crippen molar-refractivity contribution in [1.82, 2.24) is 0 Å². The number of phenols is 1. The highest BCUT2D eigenvalue weighted by molar-refractivity contribution is 6.09. The number of hydrogen-bond acceptors (Lipinski definition) is 3. The lowest BCUT2D eigenvalue weighted by atomic mass is 9.89. The van der Waals surface area contributed by atoms with Crippen LogP contribution >= 0.6 is 0 Å². The summed E-state index contributed by atoms with van der Waals surface area (Å²) in [4.78, 5) is 12.3. The van der Waals surface area contributed by atoms with Gasteiger partial charge < -0.3 is 10.4 Å². The van der Waals surface area contributed by atoms with Crippen LogP contribution in [0.3, 0.4) is 0 Å². The number of aromatic hydroxyl groups is 1. The van der Waals surface area contributed by atoms with E-state index < -0.39 is 5.91 Å². The number of nitriles is 1. The number of nitrogens with zero attached hydrogens (tertiary/aromatic N) is 1. The highest BCUT2D eigenvalue weighted by Crippen LogP contribution is 2.31. The Labute approximate surface area is 141 Å². The fourth-order valence-electron chi connectivity index (χ4n) is 2.99. The highest BCUT2D eigenvalue weighted by Gasteiger charge is 2.15. The van der Waals surface area contributed by atoms with Gasteiger partial charge in [0.15, 0.2) is 0 Å². The molecular formula is C20H18N2O2. The van der Waals surface area contributed by atoms with Crippen LogP contribution in [0.25, 0.3) is 6.08 Å². The van der Waals surface area contributed by atoms with Crippen molar-refractivity contribution in [3.63, 3.8) is 0 Å².